The molecule has 2 atom stereocenters. The van der Waals surface area contributed by atoms with Crippen LogP contribution < -0.4 is 0 Å². The van der Waals surface area contributed by atoms with Crippen LogP contribution in [0.2, 0.25) is 0 Å². The summed E-state index contributed by atoms with van der Waals surface area (Å²) in [5, 5.41) is 19.3. The zero-order valence-electron chi connectivity index (χ0n) is 7.64. The summed E-state index contributed by atoms with van der Waals surface area (Å²) >= 11 is 0. The molecular formula is C8H15NO4. The lowest BCUT2D eigenvalue weighted by Gasteiger charge is -2.21. The number of Topliss-reactive ketones (excluding diaryl/α,β-unsaturated/α-hetero) is 1. The minimum atomic E-state index is -1.28. The number of aliphatic hydroxyl groups excluding tert-OH is 2. The van der Waals surface area contributed by atoms with Gasteiger partial charge >= 0.3 is 0 Å². The van der Waals surface area contributed by atoms with Gasteiger partial charge in [-0.2, -0.15) is 5.06 Å². The predicted octanol–water partition coefficient (Wildman–Crippen LogP) is -1.07. The van der Waals surface area contributed by atoms with Gasteiger partial charge in [-0.1, -0.05) is 0 Å². The highest BCUT2D eigenvalue weighted by molar-refractivity contribution is 5.88. The van der Waals surface area contributed by atoms with Crippen LogP contribution in [0.5, 0.6) is 0 Å². The molecule has 1 saturated heterocycles. The number of hydrogen-bond acceptors (Lipinski definition) is 5. The van der Waals surface area contributed by atoms with Crippen LogP contribution in [0, 0.1) is 0 Å². The van der Waals surface area contributed by atoms with Gasteiger partial charge in [-0.25, -0.2) is 0 Å². The van der Waals surface area contributed by atoms with Crippen molar-refractivity contribution in [3.63, 3.8) is 0 Å². The summed E-state index contributed by atoms with van der Waals surface area (Å²) in [5.41, 5.74) is 0. The molecule has 5 heteroatoms. The first-order valence-electron chi connectivity index (χ1n) is 4.34. The van der Waals surface area contributed by atoms with Crippen molar-refractivity contribution in [1.82, 2.24) is 5.06 Å². The summed E-state index contributed by atoms with van der Waals surface area (Å²) in [4.78, 5) is 16.4. The summed E-state index contributed by atoms with van der Waals surface area (Å²) in [6.07, 6.45) is 0.285. The Morgan fingerprint density at radius 2 is 2.46 bits per heavy atom. The number of hydroxylamine groups is 2. The second kappa shape index (κ2) is 4.66. The average molecular weight is 189 g/mol. The maximum atomic E-state index is 11.4. The first-order valence-corrected chi connectivity index (χ1v) is 4.34. The first kappa shape index (κ1) is 10.6. The molecule has 1 rings (SSSR count). The Morgan fingerprint density at radius 1 is 1.77 bits per heavy atom. The van der Waals surface area contributed by atoms with E-state index in [9.17, 15) is 4.79 Å². The van der Waals surface area contributed by atoms with Crippen LogP contribution in [0.15, 0.2) is 0 Å². The van der Waals surface area contributed by atoms with Gasteiger partial charge in [0.2, 0.25) is 0 Å². The molecule has 1 fully saturated rings. The Morgan fingerprint density at radius 3 is 3.00 bits per heavy atom. The molecule has 1 aliphatic heterocycles. The van der Waals surface area contributed by atoms with E-state index >= 15 is 0 Å². The Bertz CT molecular complexity index is 185. The van der Waals surface area contributed by atoms with E-state index in [1.54, 1.807) is 5.06 Å². The lowest BCUT2D eigenvalue weighted by atomic mass is 10.1. The molecule has 1 unspecified atom stereocenters. The number of carbonyl (C=O) groups excluding carboxylic acids is 1. The van der Waals surface area contributed by atoms with Gasteiger partial charge in [0.25, 0.3) is 0 Å². The van der Waals surface area contributed by atoms with Crippen molar-refractivity contribution in [1.29, 1.82) is 0 Å². The third kappa shape index (κ3) is 2.25. The Labute approximate surface area is 76.9 Å². The van der Waals surface area contributed by atoms with E-state index in [1.165, 1.54) is 7.11 Å². The van der Waals surface area contributed by atoms with Gasteiger partial charge in [0, 0.05) is 6.54 Å². The predicted molar refractivity (Wildman–Crippen MR) is 44.8 cm³/mol. The topological polar surface area (TPSA) is 70.0 Å². The van der Waals surface area contributed by atoms with E-state index in [4.69, 9.17) is 15.1 Å². The van der Waals surface area contributed by atoms with Crippen LogP contribution in [0.25, 0.3) is 0 Å². The summed E-state index contributed by atoms with van der Waals surface area (Å²) < 4.78 is 0. The zero-order chi connectivity index (χ0) is 9.84. The lowest BCUT2D eigenvalue weighted by Crippen LogP contribution is -2.42. The second-order valence-electron chi connectivity index (χ2n) is 3.08. The minimum absolute atomic E-state index is 0.359. The average Bonchev–Trinajstić information content (AvgIpc) is 2.62. The van der Waals surface area contributed by atoms with E-state index in [2.05, 4.69) is 0 Å². The van der Waals surface area contributed by atoms with Gasteiger partial charge in [0.15, 0.2) is 5.78 Å². The summed E-state index contributed by atoms with van der Waals surface area (Å²) in [6.45, 7) is 0.179. The number of aliphatic hydroxyl groups is 2. The van der Waals surface area contributed by atoms with Gasteiger partial charge in [0.1, 0.15) is 6.10 Å². The molecule has 0 aromatic heterocycles. The van der Waals surface area contributed by atoms with Crippen molar-refractivity contribution in [2.24, 2.45) is 0 Å². The highest BCUT2D eigenvalue weighted by Gasteiger charge is 2.34. The van der Waals surface area contributed by atoms with Crippen LogP contribution in [-0.4, -0.2) is 53.5 Å². The maximum absolute atomic E-state index is 11.4. The number of nitrogens with zero attached hydrogens (tertiary/aromatic N) is 1. The normalized spacial score (nSPS) is 26.2. The van der Waals surface area contributed by atoms with E-state index in [0.29, 0.717) is 13.0 Å². The highest BCUT2D eigenvalue weighted by atomic mass is 16.7. The van der Waals surface area contributed by atoms with Crippen molar-refractivity contribution < 1.29 is 19.8 Å². The van der Waals surface area contributed by atoms with Crippen molar-refractivity contribution >= 4 is 5.78 Å². The molecule has 13 heavy (non-hydrogen) atoms. The van der Waals surface area contributed by atoms with Crippen molar-refractivity contribution in [3.8, 4) is 0 Å². The maximum Gasteiger partial charge on any atom is 0.183 e. The summed E-state index contributed by atoms with van der Waals surface area (Å²) in [7, 11) is 1.50. The molecule has 5 nitrogen and oxygen atoms in total. The number of carbonyl (C=O) groups is 1. The third-order valence-corrected chi connectivity index (χ3v) is 2.27. The van der Waals surface area contributed by atoms with Crippen molar-refractivity contribution in [3.05, 3.63) is 0 Å². The molecule has 1 heterocycles. The first-order chi connectivity index (χ1) is 6.20. The van der Waals surface area contributed by atoms with E-state index < -0.39 is 18.8 Å². The third-order valence-electron chi connectivity index (χ3n) is 2.27. The molecule has 0 aliphatic carbocycles. The van der Waals surface area contributed by atoms with Gasteiger partial charge in [-0.05, 0) is 12.8 Å². The SMILES string of the molecule is CON1CCC[C@H]1C(=O)C(O)CO. The van der Waals surface area contributed by atoms with Crippen LogP contribution in [0.4, 0.5) is 0 Å². The quantitative estimate of drug-likeness (QED) is 0.589. The van der Waals surface area contributed by atoms with Gasteiger partial charge in [-0.3, -0.25) is 4.79 Å². The van der Waals surface area contributed by atoms with Gasteiger partial charge in [-0.15, -0.1) is 0 Å². The Hall–Kier alpha value is -0.490. The van der Waals surface area contributed by atoms with Gasteiger partial charge in [0.05, 0.1) is 19.8 Å². The van der Waals surface area contributed by atoms with Crippen LogP contribution >= 0.6 is 0 Å². The molecule has 0 amide bonds. The summed E-state index contributed by atoms with van der Waals surface area (Å²) in [6, 6.07) is -0.396. The highest BCUT2D eigenvalue weighted by Crippen LogP contribution is 2.18. The smallest absolute Gasteiger partial charge is 0.183 e. The van der Waals surface area contributed by atoms with Crippen LogP contribution in [0.3, 0.4) is 0 Å². The van der Waals surface area contributed by atoms with E-state index in [1.807, 2.05) is 0 Å². The van der Waals surface area contributed by atoms with E-state index in [-0.39, 0.29) is 5.78 Å². The molecular weight excluding hydrogens is 174 g/mol. The molecule has 2 N–H and O–H groups in total. The molecule has 0 bridgehead atoms. The largest absolute Gasteiger partial charge is 0.393 e. The van der Waals surface area contributed by atoms with Crippen molar-refractivity contribution in [2.75, 3.05) is 20.3 Å². The van der Waals surface area contributed by atoms with Crippen LogP contribution in [-0.2, 0) is 9.63 Å². The standard InChI is InChI=1S/C8H15NO4/c1-13-9-4-2-3-6(9)8(12)7(11)5-10/h6-7,10-11H,2-5H2,1H3/t6-,7?/m0/s1. The zero-order valence-corrected chi connectivity index (χ0v) is 7.64. The number of hydrogen-bond donors (Lipinski definition) is 2. The molecule has 0 spiro atoms. The fourth-order valence-corrected chi connectivity index (χ4v) is 1.56. The number of rotatable bonds is 4. The summed E-state index contributed by atoms with van der Waals surface area (Å²) in [5.74, 6) is -0.359. The van der Waals surface area contributed by atoms with E-state index in [0.717, 1.165) is 6.42 Å². The Kier molecular flexibility index (Phi) is 3.80. The van der Waals surface area contributed by atoms with Gasteiger partial charge < -0.3 is 15.1 Å². The van der Waals surface area contributed by atoms with Crippen molar-refractivity contribution in [2.45, 2.75) is 25.0 Å². The molecule has 0 aromatic carbocycles. The lowest BCUT2D eigenvalue weighted by molar-refractivity contribution is -0.165. The fraction of sp³-hybridized carbons (Fsp3) is 0.875. The second-order valence-corrected chi connectivity index (χ2v) is 3.08. The minimum Gasteiger partial charge on any atom is -0.393 e. The molecule has 76 valence electrons. The molecule has 0 aromatic rings. The number of ketones is 1. The Balaban J connectivity index is 2.54. The molecule has 0 saturated carbocycles. The fourth-order valence-electron chi connectivity index (χ4n) is 1.56. The molecule has 0 radical (unpaired) electrons. The van der Waals surface area contributed by atoms with Crippen LogP contribution in [0.1, 0.15) is 12.8 Å². The molecule has 1 aliphatic rings. The monoisotopic (exact) mass is 189 g/mol.